The minimum atomic E-state index is 0.622. The van der Waals surface area contributed by atoms with Crippen molar-refractivity contribution < 1.29 is 9.57 Å². The number of rotatable bonds is 1. The standard InChI is InChI=1S/C4H9NO2/c1-6-5-2-3-7-4-5/h2-4H2,1H3. The summed E-state index contributed by atoms with van der Waals surface area (Å²) in [5.41, 5.74) is 0. The van der Waals surface area contributed by atoms with Crippen LogP contribution < -0.4 is 0 Å². The van der Waals surface area contributed by atoms with E-state index in [1.165, 1.54) is 0 Å². The highest BCUT2D eigenvalue weighted by Gasteiger charge is 2.08. The van der Waals surface area contributed by atoms with Gasteiger partial charge in [0.25, 0.3) is 0 Å². The molecule has 0 spiro atoms. The average molecular weight is 103 g/mol. The van der Waals surface area contributed by atoms with Crippen LogP contribution in [0.1, 0.15) is 0 Å². The Kier molecular flexibility index (Phi) is 1.62. The molecule has 0 amide bonds. The van der Waals surface area contributed by atoms with Crippen molar-refractivity contribution in [1.82, 2.24) is 5.06 Å². The third kappa shape index (κ3) is 1.12. The van der Waals surface area contributed by atoms with Crippen LogP contribution in [0, 0.1) is 0 Å². The van der Waals surface area contributed by atoms with E-state index in [4.69, 9.17) is 9.57 Å². The van der Waals surface area contributed by atoms with Gasteiger partial charge in [-0.25, -0.2) is 0 Å². The van der Waals surface area contributed by atoms with Gasteiger partial charge in [-0.15, -0.1) is 0 Å². The van der Waals surface area contributed by atoms with Gasteiger partial charge in [0.2, 0.25) is 0 Å². The van der Waals surface area contributed by atoms with E-state index in [0.29, 0.717) is 6.73 Å². The molecule has 0 bridgehead atoms. The van der Waals surface area contributed by atoms with Crippen LogP contribution in [0.15, 0.2) is 0 Å². The summed E-state index contributed by atoms with van der Waals surface area (Å²) in [6.07, 6.45) is 0. The van der Waals surface area contributed by atoms with Crippen LogP contribution in [0.4, 0.5) is 0 Å². The predicted molar refractivity (Wildman–Crippen MR) is 24.5 cm³/mol. The molecule has 3 heteroatoms. The fourth-order valence-electron chi connectivity index (χ4n) is 0.541. The molecular weight excluding hydrogens is 94.0 g/mol. The fraction of sp³-hybridized carbons (Fsp3) is 1.00. The lowest BCUT2D eigenvalue weighted by Gasteiger charge is -2.06. The van der Waals surface area contributed by atoms with E-state index in [1.807, 2.05) is 0 Å². The number of ether oxygens (including phenoxy) is 1. The van der Waals surface area contributed by atoms with Crippen LogP contribution in [0.25, 0.3) is 0 Å². The van der Waals surface area contributed by atoms with Crippen LogP contribution in [0.5, 0.6) is 0 Å². The fourth-order valence-corrected chi connectivity index (χ4v) is 0.541. The predicted octanol–water partition coefficient (Wildman–Crippen LogP) is -0.163. The number of hydrogen-bond acceptors (Lipinski definition) is 3. The zero-order valence-corrected chi connectivity index (χ0v) is 4.39. The van der Waals surface area contributed by atoms with Crippen molar-refractivity contribution in [2.75, 3.05) is 27.0 Å². The van der Waals surface area contributed by atoms with Gasteiger partial charge in [-0.1, -0.05) is 0 Å². The molecule has 0 aromatic carbocycles. The maximum Gasteiger partial charge on any atom is 0.122 e. The van der Waals surface area contributed by atoms with E-state index in [9.17, 15) is 0 Å². The molecule has 0 radical (unpaired) electrons. The van der Waals surface area contributed by atoms with Crippen molar-refractivity contribution in [1.29, 1.82) is 0 Å². The van der Waals surface area contributed by atoms with Gasteiger partial charge >= 0.3 is 0 Å². The van der Waals surface area contributed by atoms with E-state index >= 15 is 0 Å². The quantitative estimate of drug-likeness (QED) is 0.460. The minimum absolute atomic E-state index is 0.622. The topological polar surface area (TPSA) is 21.7 Å². The Bertz CT molecular complexity index is 51.7. The number of hydroxylamine groups is 2. The zero-order chi connectivity index (χ0) is 5.11. The summed E-state index contributed by atoms with van der Waals surface area (Å²) in [6, 6.07) is 0. The van der Waals surface area contributed by atoms with Gasteiger partial charge in [-0.05, 0) is 0 Å². The van der Waals surface area contributed by atoms with Crippen molar-refractivity contribution in [3.63, 3.8) is 0 Å². The second-order valence-electron chi connectivity index (χ2n) is 1.43. The Morgan fingerprint density at radius 1 is 1.71 bits per heavy atom. The molecule has 0 saturated carbocycles. The maximum absolute atomic E-state index is 4.95. The first-order valence-electron chi connectivity index (χ1n) is 2.30. The molecule has 1 heterocycles. The van der Waals surface area contributed by atoms with Gasteiger partial charge in [0.1, 0.15) is 6.73 Å². The molecule has 0 aliphatic carbocycles. The molecule has 0 N–H and O–H groups in total. The number of hydrogen-bond donors (Lipinski definition) is 0. The summed E-state index contributed by atoms with van der Waals surface area (Å²) in [5.74, 6) is 0. The lowest BCUT2D eigenvalue weighted by atomic mass is 10.7. The van der Waals surface area contributed by atoms with Gasteiger partial charge in [0.15, 0.2) is 0 Å². The van der Waals surface area contributed by atoms with Gasteiger partial charge in [0, 0.05) is 0 Å². The summed E-state index contributed by atoms with van der Waals surface area (Å²) < 4.78 is 4.95. The summed E-state index contributed by atoms with van der Waals surface area (Å²) in [5, 5.41) is 1.76. The van der Waals surface area contributed by atoms with Crippen molar-refractivity contribution in [3.05, 3.63) is 0 Å². The van der Waals surface area contributed by atoms with Crippen LogP contribution in [0.3, 0.4) is 0 Å². The molecule has 1 saturated heterocycles. The van der Waals surface area contributed by atoms with E-state index in [0.717, 1.165) is 13.2 Å². The summed E-state index contributed by atoms with van der Waals surface area (Å²) in [6.45, 7) is 2.32. The summed E-state index contributed by atoms with van der Waals surface area (Å²) >= 11 is 0. The third-order valence-corrected chi connectivity index (χ3v) is 0.979. The monoisotopic (exact) mass is 103 g/mol. The van der Waals surface area contributed by atoms with Gasteiger partial charge in [-0.2, -0.15) is 5.06 Å². The SMILES string of the molecule is CON1CCOC1. The van der Waals surface area contributed by atoms with Crippen LogP contribution >= 0.6 is 0 Å². The molecule has 0 aromatic rings. The molecular formula is C4H9NO2. The van der Waals surface area contributed by atoms with Crippen molar-refractivity contribution in [3.8, 4) is 0 Å². The smallest absolute Gasteiger partial charge is 0.122 e. The Hall–Kier alpha value is -0.120. The largest absolute Gasteiger partial charge is 0.362 e. The number of nitrogens with zero attached hydrogens (tertiary/aromatic N) is 1. The first-order chi connectivity index (χ1) is 3.43. The van der Waals surface area contributed by atoms with Gasteiger partial charge < -0.3 is 4.74 Å². The molecule has 7 heavy (non-hydrogen) atoms. The van der Waals surface area contributed by atoms with Crippen LogP contribution in [0.2, 0.25) is 0 Å². The first kappa shape index (κ1) is 5.03. The zero-order valence-electron chi connectivity index (χ0n) is 4.39. The lowest BCUT2D eigenvalue weighted by molar-refractivity contribution is -0.135. The van der Waals surface area contributed by atoms with Gasteiger partial charge in [0.05, 0.1) is 20.3 Å². The molecule has 1 fully saturated rings. The second kappa shape index (κ2) is 2.26. The highest BCUT2D eigenvalue weighted by Crippen LogP contribution is 1.95. The summed E-state index contributed by atoms with van der Waals surface area (Å²) in [4.78, 5) is 4.82. The highest BCUT2D eigenvalue weighted by molar-refractivity contribution is 4.44. The molecule has 1 aliphatic rings. The normalized spacial score (nSPS) is 23.6. The van der Waals surface area contributed by atoms with Gasteiger partial charge in [-0.3, -0.25) is 4.84 Å². The Labute approximate surface area is 42.8 Å². The van der Waals surface area contributed by atoms with E-state index in [-0.39, 0.29) is 0 Å². The van der Waals surface area contributed by atoms with E-state index in [1.54, 1.807) is 12.2 Å². The van der Waals surface area contributed by atoms with Crippen molar-refractivity contribution in [2.24, 2.45) is 0 Å². The highest BCUT2D eigenvalue weighted by atomic mass is 16.7. The second-order valence-corrected chi connectivity index (χ2v) is 1.43. The first-order valence-corrected chi connectivity index (χ1v) is 2.30. The van der Waals surface area contributed by atoms with E-state index < -0.39 is 0 Å². The molecule has 0 unspecified atom stereocenters. The van der Waals surface area contributed by atoms with Crippen molar-refractivity contribution >= 4 is 0 Å². The third-order valence-electron chi connectivity index (χ3n) is 0.979. The molecule has 0 atom stereocenters. The minimum Gasteiger partial charge on any atom is -0.362 e. The van der Waals surface area contributed by atoms with Crippen LogP contribution in [-0.2, 0) is 9.57 Å². The maximum atomic E-state index is 4.95. The Morgan fingerprint density at radius 3 is 2.86 bits per heavy atom. The molecule has 42 valence electrons. The van der Waals surface area contributed by atoms with Crippen LogP contribution in [-0.4, -0.2) is 32.1 Å². The molecule has 3 nitrogen and oxygen atoms in total. The van der Waals surface area contributed by atoms with Crippen molar-refractivity contribution in [2.45, 2.75) is 0 Å². The molecule has 1 rings (SSSR count). The Balaban J connectivity index is 2.14. The molecule has 0 aromatic heterocycles. The Morgan fingerprint density at radius 2 is 2.57 bits per heavy atom. The summed E-state index contributed by atoms with van der Waals surface area (Å²) in [7, 11) is 1.65. The molecule has 1 aliphatic heterocycles. The van der Waals surface area contributed by atoms with E-state index in [2.05, 4.69) is 0 Å². The average Bonchev–Trinajstić information content (AvgIpc) is 2.14. The lowest BCUT2D eigenvalue weighted by Crippen LogP contribution is -2.17.